The number of aliphatic hydroxyl groups is 1. The lowest BCUT2D eigenvalue weighted by Gasteiger charge is -2.11. The molecule has 1 atom stereocenters. The highest BCUT2D eigenvalue weighted by Gasteiger charge is 2.20. The Bertz CT molecular complexity index is 911. The van der Waals surface area contributed by atoms with Crippen molar-refractivity contribution in [2.45, 2.75) is 23.7 Å². The zero-order chi connectivity index (χ0) is 16.4. The van der Waals surface area contributed by atoms with Crippen molar-refractivity contribution >= 4 is 42.8 Å². The van der Waals surface area contributed by atoms with Gasteiger partial charge < -0.3 is 5.11 Å². The highest BCUT2D eigenvalue weighted by molar-refractivity contribution is 7.91. The van der Waals surface area contributed by atoms with Gasteiger partial charge in [0.15, 0.2) is 0 Å². The van der Waals surface area contributed by atoms with Crippen LogP contribution >= 0.6 is 22.7 Å². The number of aryl methyl sites for hydroxylation is 1. The highest BCUT2D eigenvalue weighted by atomic mass is 32.2. The van der Waals surface area contributed by atoms with Crippen molar-refractivity contribution in [3.8, 4) is 0 Å². The van der Waals surface area contributed by atoms with E-state index in [-0.39, 0.29) is 10.8 Å². The van der Waals surface area contributed by atoms with E-state index < -0.39 is 16.1 Å². The van der Waals surface area contributed by atoms with Gasteiger partial charge in [-0.2, -0.15) is 0 Å². The number of fused-ring (bicyclic) bond motifs is 1. The van der Waals surface area contributed by atoms with E-state index in [1.54, 1.807) is 17.4 Å². The number of rotatable bonds is 6. The van der Waals surface area contributed by atoms with Gasteiger partial charge in [-0.05, 0) is 35.4 Å². The molecule has 0 radical (unpaired) electrons. The predicted molar refractivity (Wildman–Crippen MR) is 95.7 cm³/mol. The second kappa shape index (κ2) is 6.70. The summed E-state index contributed by atoms with van der Waals surface area (Å²) in [4.78, 5) is 1.02. The van der Waals surface area contributed by atoms with Crippen molar-refractivity contribution in [1.29, 1.82) is 0 Å². The number of sulfonamides is 1. The average Bonchev–Trinajstić information content (AvgIpc) is 3.19. The summed E-state index contributed by atoms with van der Waals surface area (Å²) in [5, 5.41) is 13.2. The van der Waals surface area contributed by atoms with Crippen LogP contribution in [0.25, 0.3) is 10.1 Å². The Hall–Kier alpha value is -1.25. The maximum absolute atomic E-state index is 12.3. The Labute approximate surface area is 143 Å². The maximum Gasteiger partial charge on any atom is 0.250 e. The fourth-order valence-electron chi connectivity index (χ4n) is 2.32. The van der Waals surface area contributed by atoms with Crippen molar-refractivity contribution in [3.05, 3.63) is 52.2 Å². The number of hydrogen-bond acceptors (Lipinski definition) is 5. The van der Waals surface area contributed by atoms with Crippen molar-refractivity contribution < 1.29 is 13.5 Å². The Balaban J connectivity index is 1.74. The van der Waals surface area contributed by atoms with Gasteiger partial charge in [-0.3, -0.25) is 0 Å². The van der Waals surface area contributed by atoms with E-state index in [9.17, 15) is 13.5 Å². The molecule has 2 N–H and O–H groups in total. The minimum atomic E-state index is -3.58. The van der Waals surface area contributed by atoms with E-state index in [1.807, 2.05) is 42.6 Å². The van der Waals surface area contributed by atoms with Crippen molar-refractivity contribution in [2.24, 2.45) is 0 Å². The van der Waals surface area contributed by atoms with Crippen LogP contribution in [0.1, 0.15) is 23.5 Å². The fourth-order valence-corrected chi connectivity index (χ4v) is 5.71. The van der Waals surface area contributed by atoms with E-state index in [1.165, 1.54) is 11.3 Å². The SMILES string of the molecule is CCc1ccc(S(=O)(=O)NCC(O)c2csc3ccccc23)s1. The smallest absolute Gasteiger partial charge is 0.250 e. The molecule has 0 saturated carbocycles. The summed E-state index contributed by atoms with van der Waals surface area (Å²) in [7, 11) is -3.58. The van der Waals surface area contributed by atoms with Gasteiger partial charge in [-0.25, -0.2) is 13.1 Å². The van der Waals surface area contributed by atoms with Gasteiger partial charge in [0.05, 0.1) is 6.10 Å². The van der Waals surface area contributed by atoms with E-state index in [4.69, 9.17) is 0 Å². The summed E-state index contributed by atoms with van der Waals surface area (Å²) in [5.74, 6) is 0. The monoisotopic (exact) mass is 367 g/mol. The van der Waals surface area contributed by atoms with Gasteiger partial charge in [0, 0.05) is 21.7 Å². The summed E-state index contributed by atoms with van der Waals surface area (Å²) in [6, 6.07) is 11.2. The molecule has 122 valence electrons. The summed E-state index contributed by atoms with van der Waals surface area (Å²) in [6.07, 6.45) is -0.0597. The molecule has 4 nitrogen and oxygen atoms in total. The first kappa shape index (κ1) is 16.6. The van der Waals surface area contributed by atoms with E-state index in [0.717, 1.165) is 26.9 Å². The lowest BCUT2D eigenvalue weighted by Crippen LogP contribution is -2.27. The van der Waals surface area contributed by atoms with Gasteiger partial charge in [0.2, 0.25) is 10.0 Å². The Morgan fingerprint density at radius 2 is 2.00 bits per heavy atom. The molecule has 0 aliphatic rings. The molecule has 1 unspecified atom stereocenters. The van der Waals surface area contributed by atoms with Crippen LogP contribution in [0.3, 0.4) is 0 Å². The van der Waals surface area contributed by atoms with Crippen LogP contribution in [-0.4, -0.2) is 20.1 Å². The first-order valence-electron chi connectivity index (χ1n) is 7.24. The van der Waals surface area contributed by atoms with Crippen LogP contribution in [0.5, 0.6) is 0 Å². The second-order valence-electron chi connectivity index (χ2n) is 5.13. The number of aliphatic hydroxyl groups excluding tert-OH is 1. The van der Waals surface area contributed by atoms with Gasteiger partial charge in [0.25, 0.3) is 0 Å². The summed E-state index contributed by atoms with van der Waals surface area (Å²) in [5.41, 5.74) is 0.758. The van der Waals surface area contributed by atoms with Crippen LogP contribution in [0.2, 0.25) is 0 Å². The molecule has 7 heteroatoms. The summed E-state index contributed by atoms with van der Waals surface area (Å²) >= 11 is 2.80. The first-order valence-corrected chi connectivity index (χ1v) is 10.4. The van der Waals surface area contributed by atoms with Crippen LogP contribution in [0, 0.1) is 0 Å². The molecule has 1 aromatic carbocycles. The molecular weight excluding hydrogens is 350 g/mol. The molecule has 3 aromatic rings. The van der Waals surface area contributed by atoms with E-state index >= 15 is 0 Å². The first-order chi connectivity index (χ1) is 11.0. The lowest BCUT2D eigenvalue weighted by atomic mass is 10.1. The molecule has 0 fully saturated rings. The lowest BCUT2D eigenvalue weighted by molar-refractivity contribution is 0.184. The molecule has 0 spiro atoms. The zero-order valence-electron chi connectivity index (χ0n) is 12.5. The zero-order valence-corrected chi connectivity index (χ0v) is 15.0. The molecule has 2 heterocycles. The van der Waals surface area contributed by atoms with Crippen LogP contribution < -0.4 is 4.72 Å². The third-order valence-electron chi connectivity index (χ3n) is 3.59. The topological polar surface area (TPSA) is 66.4 Å². The van der Waals surface area contributed by atoms with E-state index in [2.05, 4.69) is 4.72 Å². The molecule has 0 amide bonds. The maximum atomic E-state index is 12.3. The van der Waals surface area contributed by atoms with Crippen molar-refractivity contribution in [2.75, 3.05) is 6.54 Å². The second-order valence-corrected chi connectivity index (χ2v) is 9.20. The quantitative estimate of drug-likeness (QED) is 0.700. The van der Waals surface area contributed by atoms with E-state index in [0.29, 0.717) is 0 Å². The number of benzene rings is 1. The third kappa shape index (κ3) is 3.49. The Kier molecular flexibility index (Phi) is 4.84. The van der Waals surface area contributed by atoms with Crippen LogP contribution in [0.4, 0.5) is 0 Å². The van der Waals surface area contributed by atoms with Gasteiger partial charge in [0.1, 0.15) is 4.21 Å². The molecular formula is C16H17NO3S3. The van der Waals surface area contributed by atoms with Gasteiger partial charge in [-0.1, -0.05) is 25.1 Å². The van der Waals surface area contributed by atoms with Gasteiger partial charge >= 0.3 is 0 Å². The minimum Gasteiger partial charge on any atom is -0.387 e. The standard InChI is InChI=1S/C16H17NO3S3/c1-2-11-7-8-16(22-11)23(19,20)17-9-14(18)13-10-21-15-6-4-3-5-12(13)15/h3-8,10,14,17-18H,2,9H2,1H3. The largest absolute Gasteiger partial charge is 0.387 e. The summed E-state index contributed by atoms with van der Waals surface area (Å²) < 4.78 is 28.5. The molecule has 0 bridgehead atoms. The third-order valence-corrected chi connectivity index (χ3v) is 7.71. The van der Waals surface area contributed by atoms with Crippen LogP contribution in [-0.2, 0) is 16.4 Å². The minimum absolute atomic E-state index is 0.0393. The normalized spacial score (nSPS) is 13.5. The van der Waals surface area contributed by atoms with Gasteiger partial charge in [-0.15, -0.1) is 22.7 Å². The predicted octanol–water partition coefficient (Wildman–Crippen LogP) is 3.54. The van der Waals surface area contributed by atoms with Crippen molar-refractivity contribution in [3.63, 3.8) is 0 Å². The van der Waals surface area contributed by atoms with Crippen molar-refractivity contribution in [1.82, 2.24) is 4.72 Å². The molecule has 3 rings (SSSR count). The number of thiophene rings is 2. The highest BCUT2D eigenvalue weighted by Crippen LogP contribution is 2.30. The number of nitrogens with one attached hydrogen (secondary N) is 1. The molecule has 0 aliphatic heterocycles. The number of hydrogen-bond donors (Lipinski definition) is 2. The molecule has 0 aliphatic carbocycles. The molecule has 23 heavy (non-hydrogen) atoms. The summed E-state index contributed by atoms with van der Waals surface area (Å²) in [6.45, 7) is 1.95. The molecule has 0 saturated heterocycles. The fraction of sp³-hybridized carbons (Fsp3) is 0.250. The molecule has 2 aromatic heterocycles. The average molecular weight is 368 g/mol. The Morgan fingerprint density at radius 3 is 2.74 bits per heavy atom. The Morgan fingerprint density at radius 1 is 1.22 bits per heavy atom. The van der Waals surface area contributed by atoms with Crippen LogP contribution in [0.15, 0.2) is 46.0 Å².